The van der Waals surface area contributed by atoms with Crippen LogP contribution in [0.3, 0.4) is 0 Å². The van der Waals surface area contributed by atoms with Crippen LogP contribution in [-0.4, -0.2) is 24.3 Å². The number of hydrogen-bond acceptors (Lipinski definition) is 3. The highest BCUT2D eigenvalue weighted by molar-refractivity contribution is 5.77. The molecule has 1 atom stereocenters. The molecule has 2 rings (SSSR count). The smallest absolute Gasteiger partial charge is 0.316 e. The van der Waals surface area contributed by atoms with E-state index >= 15 is 0 Å². The molecule has 1 aromatic carbocycles. The van der Waals surface area contributed by atoms with Crippen LogP contribution in [0.1, 0.15) is 11.6 Å². The fourth-order valence-corrected chi connectivity index (χ4v) is 1.78. The van der Waals surface area contributed by atoms with Gasteiger partial charge in [-0.2, -0.15) is 0 Å². The highest BCUT2D eigenvalue weighted by Gasteiger charge is 2.51. The molecule has 0 bridgehead atoms. The lowest BCUT2D eigenvalue weighted by Gasteiger charge is -2.41. The summed E-state index contributed by atoms with van der Waals surface area (Å²) in [7, 11) is 0. The first-order valence-electron chi connectivity index (χ1n) is 4.99. The molecule has 1 fully saturated rings. The predicted molar refractivity (Wildman–Crippen MR) is 54.2 cm³/mol. The van der Waals surface area contributed by atoms with E-state index < -0.39 is 29.1 Å². The quantitative estimate of drug-likeness (QED) is 0.832. The van der Waals surface area contributed by atoms with Crippen molar-refractivity contribution in [1.29, 1.82) is 0 Å². The first-order chi connectivity index (χ1) is 7.97. The van der Waals surface area contributed by atoms with Gasteiger partial charge in [-0.1, -0.05) is 6.07 Å². The molecule has 1 aromatic rings. The first kappa shape index (κ1) is 11.9. The van der Waals surface area contributed by atoms with Crippen molar-refractivity contribution in [2.45, 2.75) is 6.04 Å². The van der Waals surface area contributed by atoms with Crippen LogP contribution >= 0.6 is 0 Å². The molecule has 0 amide bonds. The van der Waals surface area contributed by atoms with Crippen LogP contribution in [0.25, 0.3) is 0 Å². The van der Waals surface area contributed by atoms with Gasteiger partial charge in [-0.05, 0) is 17.7 Å². The Bertz CT molecular complexity index is 460. The molecular weight excluding hydrogens is 232 g/mol. The minimum Gasteiger partial charge on any atom is -0.481 e. The number of aliphatic carboxylic acids is 1. The molecule has 1 heterocycles. The normalized spacial score (nSPS) is 19.5. The van der Waals surface area contributed by atoms with Gasteiger partial charge in [0.1, 0.15) is 5.41 Å². The lowest BCUT2D eigenvalue weighted by atomic mass is 9.75. The fourth-order valence-electron chi connectivity index (χ4n) is 1.78. The summed E-state index contributed by atoms with van der Waals surface area (Å²) < 4.78 is 30.7. The van der Waals surface area contributed by atoms with Gasteiger partial charge in [-0.15, -0.1) is 0 Å². The van der Waals surface area contributed by atoms with Gasteiger partial charge in [0.15, 0.2) is 11.6 Å². The highest BCUT2D eigenvalue weighted by Crippen LogP contribution is 2.39. The highest BCUT2D eigenvalue weighted by atomic mass is 19.2. The number of carboxylic acid groups (broad SMARTS) is 1. The van der Waals surface area contributed by atoms with E-state index in [0.29, 0.717) is 0 Å². The molecule has 1 saturated heterocycles. The van der Waals surface area contributed by atoms with Crippen molar-refractivity contribution in [3.05, 3.63) is 35.4 Å². The molecule has 0 radical (unpaired) electrons. The minimum absolute atomic E-state index is 0.0253. The molecule has 0 spiro atoms. The van der Waals surface area contributed by atoms with E-state index in [9.17, 15) is 13.6 Å². The molecule has 0 saturated carbocycles. The van der Waals surface area contributed by atoms with Crippen LogP contribution in [0.15, 0.2) is 18.2 Å². The molecule has 0 aliphatic carbocycles. The molecule has 1 aliphatic rings. The number of benzene rings is 1. The summed E-state index contributed by atoms with van der Waals surface area (Å²) in [6.07, 6.45) is 0. The fraction of sp³-hybridized carbons (Fsp3) is 0.364. The summed E-state index contributed by atoms with van der Waals surface area (Å²) in [6, 6.07) is 2.21. The van der Waals surface area contributed by atoms with E-state index in [1.54, 1.807) is 0 Å². The lowest BCUT2D eigenvalue weighted by Crippen LogP contribution is -2.55. The average Bonchev–Trinajstić information content (AvgIpc) is 2.19. The van der Waals surface area contributed by atoms with Gasteiger partial charge in [0.25, 0.3) is 0 Å². The summed E-state index contributed by atoms with van der Waals surface area (Å²) in [4.78, 5) is 11.1. The Balaban J connectivity index is 2.33. The lowest BCUT2D eigenvalue weighted by molar-refractivity contribution is -0.184. The monoisotopic (exact) mass is 243 g/mol. The van der Waals surface area contributed by atoms with Crippen molar-refractivity contribution >= 4 is 5.97 Å². The molecule has 17 heavy (non-hydrogen) atoms. The van der Waals surface area contributed by atoms with Gasteiger partial charge in [-0.3, -0.25) is 4.79 Å². The predicted octanol–water partition coefficient (Wildman–Crippen LogP) is 1.07. The molecule has 1 unspecified atom stereocenters. The third kappa shape index (κ3) is 1.79. The standard InChI is InChI=1S/C11H11F2NO3/c12-7-2-1-6(3-8(7)13)9(14)11(10(15)16)4-17-5-11/h1-3,9H,4-5,14H2,(H,15,16). The van der Waals surface area contributed by atoms with E-state index in [0.717, 1.165) is 12.1 Å². The summed E-state index contributed by atoms with van der Waals surface area (Å²) in [5.74, 6) is -3.13. The van der Waals surface area contributed by atoms with Crippen molar-refractivity contribution in [2.24, 2.45) is 11.1 Å². The Hall–Kier alpha value is -1.53. The zero-order chi connectivity index (χ0) is 12.6. The Kier molecular flexibility index (Phi) is 2.84. The van der Waals surface area contributed by atoms with Crippen molar-refractivity contribution < 1.29 is 23.4 Å². The molecule has 0 aromatic heterocycles. The average molecular weight is 243 g/mol. The Morgan fingerprint density at radius 3 is 2.47 bits per heavy atom. The maximum Gasteiger partial charge on any atom is 0.316 e. The van der Waals surface area contributed by atoms with Crippen LogP contribution in [-0.2, 0) is 9.53 Å². The number of ether oxygens (including phenoxy) is 1. The second-order valence-corrected chi connectivity index (χ2v) is 4.11. The molecule has 1 aliphatic heterocycles. The number of nitrogens with two attached hydrogens (primary N) is 1. The van der Waals surface area contributed by atoms with Crippen LogP contribution in [0.5, 0.6) is 0 Å². The first-order valence-corrected chi connectivity index (χ1v) is 4.99. The van der Waals surface area contributed by atoms with Gasteiger partial charge < -0.3 is 15.6 Å². The zero-order valence-electron chi connectivity index (χ0n) is 8.82. The zero-order valence-corrected chi connectivity index (χ0v) is 8.82. The third-order valence-corrected chi connectivity index (χ3v) is 3.04. The summed E-state index contributed by atoms with van der Waals surface area (Å²) in [6.45, 7) is -0.0506. The van der Waals surface area contributed by atoms with E-state index in [-0.39, 0.29) is 18.8 Å². The molecular formula is C11H11F2NO3. The SMILES string of the molecule is NC(c1ccc(F)c(F)c1)C1(C(=O)O)COC1. The van der Waals surface area contributed by atoms with Crippen molar-refractivity contribution in [3.8, 4) is 0 Å². The van der Waals surface area contributed by atoms with Crippen molar-refractivity contribution in [1.82, 2.24) is 0 Å². The number of hydrogen-bond donors (Lipinski definition) is 2. The number of rotatable bonds is 3. The van der Waals surface area contributed by atoms with Gasteiger partial charge in [0, 0.05) is 0 Å². The maximum atomic E-state index is 13.0. The number of halogens is 2. The number of carbonyl (C=O) groups is 1. The largest absolute Gasteiger partial charge is 0.481 e. The maximum absolute atomic E-state index is 13.0. The molecule has 3 N–H and O–H groups in total. The van der Waals surface area contributed by atoms with Crippen molar-refractivity contribution in [2.75, 3.05) is 13.2 Å². The number of carboxylic acids is 1. The topological polar surface area (TPSA) is 72.6 Å². The molecule has 92 valence electrons. The Morgan fingerprint density at radius 2 is 2.06 bits per heavy atom. The Morgan fingerprint density at radius 1 is 1.41 bits per heavy atom. The van der Waals surface area contributed by atoms with Gasteiger partial charge in [0.05, 0.1) is 19.3 Å². The molecule has 4 nitrogen and oxygen atoms in total. The minimum atomic E-state index is -1.25. The van der Waals surface area contributed by atoms with Crippen LogP contribution in [0.2, 0.25) is 0 Å². The van der Waals surface area contributed by atoms with Crippen LogP contribution < -0.4 is 5.73 Å². The second-order valence-electron chi connectivity index (χ2n) is 4.11. The summed E-state index contributed by atoms with van der Waals surface area (Å²) in [5, 5.41) is 9.11. The summed E-state index contributed by atoms with van der Waals surface area (Å²) in [5.41, 5.74) is 4.80. The third-order valence-electron chi connectivity index (χ3n) is 3.04. The van der Waals surface area contributed by atoms with Gasteiger partial charge >= 0.3 is 5.97 Å². The van der Waals surface area contributed by atoms with E-state index in [1.807, 2.05) is 0 Å². The van der Waals surface area contributed by atoms with Gasteiger partial charge in [0.2, 0.25) is 0 Å². The van der Waals surface area contributed by atoms with Gasteiger partial charge in [-0.25, -0.2) is 8.78 Å². The summed E-state index contributed by atoms with van der Waals surface area (Å²) >= 11 is 0. The van der Waals surface area contributed by atoms with E-state index in [1.165, 1.54) is 6.07 Å². The Labute approximate surface area is 96.0 Å². The van der Waals surface area contributed by atoms with E-state index in [4.69, 9.17) is 15.6 Å². The van der Waals surface area contributed by atoms with Crippen LogP contribution in [0.4, 0.5) is 8.78 Å². The van der Waals surface area contributed by atoms with Crippen LogP contribution in [0, 0.1) is 17.0 Å². The second kappa shape index (κ2) is 4.05. The van der Waals surface area contributed by atoms with E-state index in [2.05, 4.69) is 0 Å². The molecule has 6 heteroatoms. The van der Waals surface area contributed by atoms with Crippen molar-refractivity contribution in [3.63, 3.8) is 0 Å².